The average Bonchev–Trinajstić information content (AvgIpc) is 2.72. The van der Waals surface area contributed by atoms with Crippen LogP contribution in [0.2, 0.25) is 5.02 Å². The third-order valence-corrected chi connectivity index (χ3v) is 4.79. The van der Waals surface area contributed by atoms with E-state index in [4.69, 9.17) is 11.6 Å². The summed E-state index contributed by atoms with van der Waals surface area (Å²) in [5.41, 5.74) is 1.43. The molecular formula is C23H29ClN2O2. The molecule has 0 saturated heterocycles. The molecule has 4 nitrogen and oxygen atoms in total. The highest BCUT2D eigenvalue weighted by atomic mass is 35.5. The Balaban J connectivity index is 1.90. The molecule has 0 radical (unpaired) electrons. The number of carbonyl (C=O) groups is 2. The number of rotatable bonds is 11. The van der Waals surface area contributed by atoms with Crippen LogP contribution in [0.4, 0.5) is 5.69 Å². The van der Waals surface area contributed by atoms with Gasteiger partial charge in [0.2, 0.25) is 5.91 Å². The summed E-state index contributed by atoms with van der Waals surface area (Å²) in [7, 11) is 0. The van der Waals surface area contributed by atoms with Crippen LogP contribution in [0.25, 0.3) is 0 Å². The zero-order chi connectivity index (χ0) is 20.2. The summed E-state index contributed by atoms with van der Waals surface area (Å²) in [4.78, 5) is 26.6. The third kappa shape index (κ3) is 7.35. The van der Waals surface area contributed by atoms with E-state index in [1.807, 2.05) is 30.3 Å². The molecule has 0 saturated carbocycles. The third-order valence-electron chi connectivity index (χ3n) is 4.54. The Labute approximate surface area is 172 Å². The second-order valence-corrected chi connectivity index (χ2v) is 7.25. The number of para-hydroxylation sites is 1. The highest BCUT2D eigenvalue weighted by molar-refractivity contribution is 6.30. The summed E-state index contributed by atoms with van der Waals surface area (Å²) in [6.07, 6.45) is 5.64. The van der Waals surface area contributed by atoms with Gasteiger partial charge in [-0.3, -0.25) is 9.59 Å². The predicted octanol–water partition coefficient (Wildman–Crippen LogP) is 5.46. The van der Waals surface area contributed by atoms with Crippen LogP contribution in [-0.2, 0) is 4.79 Å². The van der Waals surface area contributed by atoms with Crippen LogP contribution in [0.1, 0.15) is 55.8 Å². The van der Waals surface area contributed by atoms with E-state index in [1.54, 1.807) is 29.2 Å². The van der Waals surface area contributed by atoms with E-state index in [0.29, 0.717) is 36.5 Å². The summed E-state index contributed by atoms with van der Waals surface area (Å²) < 4.78 is 0. The Hall–Kier alpha value is -2.33. The zero-order valence-corrected chi connectivity index (χ0v) is 17.3. The number of unbranched alkanes of at least 4 members (excludes halogenated alkanes) is 3. The molecule has 150 valence electrons. The van der Waals surface area contributed by atoms with Crippen LogP contribution in [0.5, 0.6) is 0 Å². The van der Waals surface area contributed by atoms with Crippen molar-refractivity contribution in [2.24, 2.45) is 0 Å². The molecule has 0 aliphatic rings. The second kappa shape index (κ2) is 12.2. The smallest absolute Gasteiger partial charge is 0.258 e. The number of nitrogens with one attached hydrogen (secondary N) is 1. The molecule has 0 aliphatic carbocycles. The van der Waals surface area contributed by atoms with Crippen LogP contribution in [0.15, 0.2) is 54.6 Å². The number of benzene rings is 2. The first-order chi connectivity index (χ1) is 13.6. The molecule has 1 N–H and O–H groups in total. The summed E-state index contributed by atoms with van der Waals surface area (Å²) in [6, 6.07) is 16.5. The van der Waals surface area contributed by atoms with Gasteiger partial charge < -0.3 is 10.2 Å². The zero-order valence-electron chi connectivity index (χ0n) is 16.5. The average molecular weight is 401 g/mol. The van der Waals surface area contributed by atoms with E-state index in [1.165, 1.54) is 12.8 Å². The Bertz CT molecular complexity index is 732. The van der Waals surface area contributed by atoms with Gasteiger partial charge in [0.1, 0.15) is 0 Å². The number of anilines is 1. The molecular weight excluding hydrogens is 372 g/mol. The molecule has 28 heavy (non-hydrogen) atoms. The molecule has 0 heterocycles. The van der Waals surface area contributed by atoms with Crippen LogP contribution < -0.4 is 10.2 Å². The molecule has 0 spiro atoms. The highest BCUT2D eigenvalue weighted by Gasteiger charge is 2.17. The van der Waals surface area contributed by atoms with E-state index in [9.17, 15) is 9.59 Å². The van der Waals surface area contributed by atoms with Gasteiger partial charge in [0, 0.05) is 35.8 Å². The molecule has 0 atom stereocenters. The Kier molecular flexibility index (Phi) is 9.56. The Morgan fingerprint density at radius 2 is 1.64 bits per heavy atom. The number of carbonyl (C=O) groups excluding carboxylic acids is 2. The van der Waals surface area contributed by atoms with Gasteiger partial charge >= 0.3 is 0 Å². The van der Waals surface area contributed by atoms with Crippen LogP contribution in [-0.4, -0.2) is 24.9 Å². The number of halogens is 1. The van der Waals surface area contributed by atoms with Gasteiger partial charge in [-0.25, -0.2) is 0 Å². The van der Waals surface area contributed by atoms with E-state index in [0.717, 1.165) is 18.5 Å². The minimum absolute atomic E-state index is 0.0752. The molecule has 0 bridgehead atoms. The van der Waals surface area contributed by atoms with Crippen molar-refractivity contribution in [1.82, 2.24) is 5.32 Å². The monoisotopic (exact) mass is 400 g/mol. The fourth-order valence-corrected chi connectivity index (χ4v) is 3.10. The van der Waals surface area contributed by atoms with Gasteiger partial charge in [-0.15, -0.1) is 0 Å². The normalized spacial score (nSPS) is 10.5. The van der Waals surface area contributed by atoms with Crippen molar-refractivity contribution in [2.75, 3.05) is 18.0 Å². The summed E-state index contributed by atoms with van der Waals surface area (Å²) in [5.74, 6) is 0.0140. The van der Waals surface area contributed by atoms with E-state index < -0.39 is 0 Å². The molecule has 0 fully saturated rings. The van der Waals surface area contributed by atoms with Crippen LogP contribution in [0, 0.1) is 0 Å². The number of nitrogens with zero attached hydrogens (tertiary/aromatic N) is 1. The first-order valence-electron chi connectivity index (χ1n) is 10.0. The Morgan fingerprint density at radius 1 is 0.929 bits per heavy atom. The number of hydrogen-bond acceptors (Lipinski definition) is 2. The fraction of sp³-hybridized carbons (Fsp3) is 0.391. The Morgan fingerprint density at radius 3 is 2.32 bits per heavy atom. The van der Waals surface area contributed by atoms with Crippen molar-refractivity contribution in [3.8, 4) is 0 Å². The minimum Gasteiger partial charge on any atom is -0.356 e. The van der Waals surface area contributed by atoms with E-state index in [2.05, 4.69) is 12.2 Å². The predicted molar refractivity (Wildman–Crippen MR) is 116 cm³/mol. The SMILES string of the molecule is CCCCCCC(=O)NCCCN(C(=O)c1ccc(Cl)cc1)c1ccccc1. The number of amides is 2. The van der Waals surface area contributed by atoms with Gasteiger partial charge in [-0.1, -0.05) is 56.0 Å². The molecule has 2 aromatic carbocycles. The lowest BCUT2D eigenvalue weighted by atomic mass is 10.1. The van der Waals surface area contributed by atoms with Gasteiger partial charge in [0.05, 0.1) is 0 Å². The lowest BCUT2D eigenvalue weighted by Crippen LogP contribution is -2.34. The van der Waals surface area contributed by atoms with Gasteiger partial charge in [-0.2, -0.15) is 0 Å². The van der Waals surface area contributed by atoms with Crippen LogP contribution >= 0.6 is 11.6 Å². The largest absolute Gasteiger partial charge is 0.356 e. The second-order valence-electron chi connectivity index (χ2n) is 6.81. The first kappa shape index (κ1) is 22.0. The van der Waals surface area contributed by atoms with E-state index in [-0.39, 0.29) is 11.8 Å². The van der Waals surface area contributed by atoms with Gasteiger partial charge in [-0.05, 0) is 49.2 Å². The quantitative estimate of drug-likeness (QED) is 0.509. The number of hydrogen-bond donors (Lipinski definition) is 1. The summed E-state index contributed by atoms with van der Waals surface area (Å²) >= 11 is 5.93. The summed E-state index contributed by atoms with van der Waals surface area (Å²) in [6.45, 7) is 3.25. The fourth-order valence-electron chi connectivity index (χ4n) is 2.97. The van der Waals surface area contributed by atoms with Crippen molar-refractivity contribution in [2.45, 2.75) is 45.4 Å². The molecule has 5 heteroatoms. The maximum absolute atomic E-state index is 13.0. The van der Waals surface area contributed by atoms with Crippen molar-refractivity contribution >= 4 is 29.1 Å². The van der Waals surface area contributed by atoms with Crippen molar-refractivity contribution in [1.29, 1.82) is 0 Å². The van der Waals surface area contributed by atoms with Crippen LogP contribution in [0.3, 0.4) is 0 Å². The summed E-state index contributed by atoms with van der Waals surface area (Å²) in [5, 5.41) is 3.56. The van der Waals surface area contributed by atoms with Gasteiger partial charge in [0.25, 0.3) is 5.91 Å². The standard InChI is InChI=1S/C23H29ClN2O2/c1-2-3-4-8-12-22(27)25-17-9-18-26(21-10-6-5-7-11-21)23(28)19-13-15-20(24)16-14-19/h5-7,10-11,13-16H,2-4,8-9,12,17-18H2,1H3,(H,25,27). The molecule has 2 amide bonds. The highest BCUT2D eigenvalue weighted by Crippen LogP contribution is 2.18. The lowest BCUT2D eigenvalue weighted by molar-refractivity contribution is -0.121. The lowest BCUT2D eigenvalue weighted by Gasteiger charge is -2.23. The topological polar surface area (TPSA) is 49.4 Å². The minimum atomic E-state index is -0.0752. The van der Waals surface area contributed by atoms with E-state index >= 15 is 0 Å². The molecule has 0 unspecified atom stereocenters. The maximum atomic E-state index is 13.0. The molecule has 0 aromatic heterocycles. The van der Waals surface area contributed by atoms with Crippen molar-refractivity contribution < 1.29 is 9.59 Å². The van der Waals surface area contributed by atoms with Crippen molar-refractivity contribution in [3.63, 3.8) is 0 Å². The molecule has 2 rings (SSSR count). The maximum Gasteiger partial charge on any atom is 0.258 e. The first-order valence-corrected chi connectivity index (χ1v) is 10.4. The van der Waals surface area contributed by atoms with Crippen molar-refractivity contribution in [3.05, 3.63) is 65.2 Å². The molecule has 2 aromatic rings. The molecule has 0 aliphatic heterocycles. The van der Waals surface area contributed by atoms with Gasteiger partial charge in [0.15, 0.2) is 0 Å².